The lowest BCUT2D eigenvalue weighted by atomic mass is 9.90. The van der Waals surface area contributed by atoms with E-state index in [9.17, 15) is 14.4 Å². The molecule has 12 heteroatoms. The van der Waals surface area contributed by atoms with E-state index in [1.165, 1.54) is 28.8 Å². The lowest BCUT2D eigenvalue weighted by Crippen LogP contribution is -2.74. The number of thioether (sulfide) groups is 1. The third kappa shape index (κ3) is 4.58. The maximum Gasteiger partial charge on any atom is 0.528 e. The molecule has 0 aromatic carbocycles. The van der Waals surface area contributed by atoms with Crippen molar-refractivity contribution in [3.63, 3.8) is 0 Å². The Kier molecular flexibility index (Phi) is 6.96. The number of carbonyl (C=O) groups is 3. The second kappa shape index (κ2) is 10.1. The number of hydrogen-bond acceptors (Lipinski definition) is 11. The minimum atomic E-state index is -0.980. The Bertz CT molecular complexity index is 985. The van der Waals surface area contributed by atoms with Crippen LogP contribution in [0.4, 0.5) is 9.59 Å². The first-order valence-electron chi connectivity index (χ1n) is 9.93. The Morgan fingerprint density at radius 2 is 1.88 bits per heavy atom. The lowest BCUT2D eigenvalue weighted by Gasteiger charge is -2.50. The smallest absolute Gasteiger partial charge is 0.430 e. The van der Waals surface area contributed by atoms with E-state index in [1.807, 2.05) is 12.1 Å². The van der Waals surface area contributed by atoms with Gasteiger partial charge in [-0.1, -0.05) is 30.4 Å². The summed E-state index contributed by atoms with van der Waals surface area (Å²) in [7, 11) is 0. The van der Waals surface area contributed by atoms with Crippen molar-refractivity contribution in [2.45, 2.75) is 23.1 Å². The first kappa shape index (κ1) is 22.8. The van der Waals surface area contributed by atoms with Gasteiger partial charge in [0.25, 0.3) is 5.91 Å². The van der Waals surface area contributed by atoms with Gasteiger partial charge in [-0.3, -0.25) is 14.7 Å². The summed E-state index contributed by atoms with van der Waals surface area (Å²) < 4.78 is 21.0. The van der Waals surface area contributed by atoms with Gasteiger partial charge in [-0.25, -0.2) is 9.59 Å². The van der Waals surface area contributed by atoms with Crippen molar-refractivity contribution in [3.05, 3.63) is 61.3 Å². The quantitative estimate of drug-likeness (QED) is 0.226. The molecular weight excluding hydrogens is 454 g/mol. The molecular formula is C21H21N3O8S. The molecule has 2 saturated heterocycles. The molecule has 11 nitrogen and oxygen atoms in total. The van der Waals surface area contributed by atoms with E-state index in [4.69, 9.17) is 23.8 Å². The van der Waals surface area contributed by atoms with Crippen LogP contribution in [0.15, 0.2) is 66.2 Å². The minimum absolute atomic E-state index is 0.0347. The van der Waals surface area contributed by atoms with Gasteiger partial charge in [0.1, 0.15) is 26.0 Å². The molecule has 4 heterocycles. The number of ether oxygens (including phenoxy) is 4. The normalized spacial score (nSPS) is 23.3. The Hall–Kier alpha value is -3.35. The number of aromatic nitrogens is 1. The van der Waals surface area contributed by atoms with E-state index in [-0.39, 0.29) is 25.8 Å². The number of pyridine rings is 1. The molecule has 33 heavy (non-hydrogen) atoms. The van der Waals surface area contributed by atoms with Crippen molar-refractivity contribution in [1.29, 1.82) is 0 Å². The highest BCUT2D eigenvalue weighted by molar-refractivity contribution is 7.99. The highest BCUT2D eigenvalue weighted by Crippen LogP contribution is 2.46. The molecule has 2 fully saturated rings. The van der Waals surface area contributed by atoms with Gasteiger partial charge in [-0.2, -0.15) is 0 Å². The van der Waals surface area contributed by atoms with E-state index in [2.05, 4.69) is 18.1 Å². The molecule has 1 unspecified atom stereocenters. The largest absolute Gasteiger partial charge is 0.528 e. The van der Waals surface area contributed by atoms with Crippen molar-refractivity contribution in [3.8, 4) is 0 Å². The summed E-state index contributed by atoms with van der Waals surface area (Å²) >= 11 is 1.47. The van der Waals surface area contributed by atoms with Crippen molar-refractivity contribution in [2.75, 3.05) is 25.7 Å². The van der Waals surface area contributed by atoms with Gasteiger partial charge < -0.3 is 23.8 Å². The first-order chi connectivity index (χ1) is 16.0. The Balaban J connectivity index is 1.53. The van der Waals surface area contributed by atoms with Crippen molar-refractivity contribution in [1.82, 2.24) is 14.9 Å². The number of rotatable bonds is 9. The van der Waals surface area contributed by atoms with Crippen molar-refractivity contribution < 1.29 is 38.2 Å². The van der Waals surface area contributed by atoms with E-state index >= 15 is 0 Å². The van der Waals surface area contributed by atoms with Gasteiger partial charge in [-0.15, -0.1) is 11.8 Å². The summed E-state index contributed by atoms with van der Waals surface area (Å²) in [5, 5.41) is 1.12. The van der Waals surface area contributed by atoms with Crippen LogP contribution in [0.3, 0.4) is 0 Å². The molecule has 1 amide bonds. The van der Waals surface area contributed by atoms with E-state index in [1.54, 1.807) is 12.4 Å². The van der Waals surface area contributed by atoms with Crippen LogP contribution in [0.25, 0.3) is 0 Å². The van der Waals surface area contributed by atoms with E-state index in [0.29, 0.717) is 11.3 Å². The van der Waals surface area contributed by atoms with Gasteiger partial charge in [0.2, 0.25) is 5.88 Å². The average Bonchev–Trinajstić information content (AvgIpc) is 3.10. The summed E-state index contributed by atoms with van der Waals surface area (Å²) in [6, 6.07) is 2.35. The summed E-state index contributed by atoms with van der Waals surface area (Å²) in [5.74, 6) is 0.0479. The SMILES string of the molecule is C=CCOC(=O)OC1=C(CSc2ccncc2)C2OCN(OC(=O)OCC=C)[C@@H]3C(=O)N1[C@H]23. The van der Waals surface area contributed by atoms with Crippen LogP contribution in [0.2, 0.25) is 0 Å². The molecule has 0 radical (unpaired) electrons. The monoisotopic (exact) mass is 475 g/mol. The molecule has 0 spiro atoms. The van der Waals surface area contributed by atoms with Gasteiger partial charge in [0, 0.05) is 28.6 Å². The van der Waals surface area contributed by atoms with Crippen LogP contribution in [0, 0.1) is 0 Å². The molecule has 3 aliphatic rings. The van der Waals surface area contributed by atoms with E-state index in [0.717, 1.165) is 9.96 Å². The number of nitrogens with zero attached hydrogens (tertiary/aromatic N) is 3. The Labute approximate surface area is 193 Å². The van der Waals surface area contributed by atoms with Gasteiger partial charge in [0.05, 0.1) is 6.04 Å². The molecule has 3 aliphatic heterocycles. The average molecular weight is 475 g/mol. The molecule has 1 aromatic rings. The third-order valence-electron chi connectivity index (χ3n) is 5.00. The molecule has 4 rings (SSSR count). The number of carbonyl (C=O) groups excluding carboxylic acids is 3. The van der Waals surface area contributed by atoms with Crippen molar-refractivity contribution >= 4 is 30.0 Å². The van der Waals surface area contributed by atoms with Crippen LogP contribution in [0.5, 0.6) is 0 Å². The zero-order valence-electron chi connectivity index (χ0n) is 17.5. The van der Waals surface area contributed by atoms with Crippen LogP contribution in [0.1, 0.15) is 0 Å². The molecule has 0 saturated carbocycles. The molecule has 0 aliphatic carbocycles. The Morgan fingerprint density at radius 1 is 1.18 bits per heavy atom. The zero-order chi connectivity index (χ0) is 23.4. The highest BCUT2D eigenvalue weighted by Gasteiger charge is 2.65. The second-order valence-electron chi connectivity index (χ2n) is 6.97. The molecule has 0 N–H and O–H groups in total. The molecule has 1 aromatic heterocycles. The maximum atomic E-state index is 13.0. The summed E-state index contributed by atoms with van der Waals surface area (Å²) in [5.41, 5.74) is 0.613. The van der Waals surface area contributed by atoms with Gasteiger partial charge in [-0.05, 0) is 12.1 Å². The number of amides is 1. The fourth-order valence-corrected chi connectivity index (χ4v) is 4.59. The molecule has 174 valence electrons. The number of hydroxylamine groups is 2. The lowest BCUT2D eigenvalue weighted by molar-refractivity contribution is -0.272. The molecule has 3 atom stereocenters. The summed E-state index contributed by atoms with van der Waals surface area (Å²) in [6.45, 7) is 6.71. The van der Waals surface area contributed by atoms with Crippen LogP contribution in [-0.4, -0.2) is 77.1 Å². The topological polar surface area (TPSA) is 117 Å². The van der Waals surface area contributed by atoms with Gasteiger partial charge >= 0.3 is 12.3 Å². The van der Waals surface area contributed by atoms with Crippen LogP contribution < -0.4 is 0 Å². The highest BCUT2D eigenvalue weighted by atomic mass is 32.2. The van der Waals surface area contributed by atoms with Crippen LogP contribution in [-0.2, 0) is 28.6 Å². The fraction of sp³-hybridized carbons (Fsp3) is 0.333. The number of β-lactam (4-membered cyclic amide) rings is 1. The summed E-state index contributed by atoms with van der Waals surface area (Å²) in [4.78, 5) is 48.3. The first-order valence-corrected chi connectivity index (χ1v) is 10.9. The second-order valence-corrected chi connectivity index (χ2v) is 8.02. The number of hydrogen-bond donors (Lipinski definition) is 0. The van der Waals surface area contributed by atoms with Crippen molar-refractivity contribution in [2.24, 2.45) is 0 Å². The maximum absolute atomic E-state index is 13.0. The van der Waals surface area contributed by atoms with E-state index < -0.39 is 36.4 Å². The predicted octanol–water partition coefficient (Wildman–Crippen LogP) is 2.23. The predicted molar refractivity (Wildman–Crippen MR) is 113 cm³/mol. The Morgan fingerprint density at radius 3 is 2.58 bits per heavy atom. The molecule has 0 bridgehead atoms. The standard InChI is InChI=1S/C21H21N3O8S/c1-3-9-28-20(26)31-19-14(11-33-13-5-7-22-8-6-13)17-15-16(18(25)24(15)19)23(12-30-17)32-21(27)29-10-4-2/h3-8,15-17H,1-2,9-12H2/t15-,16-,17?/m0/s1. The third-order valence-corrected chi connectivity index (χ3v) is 6.07. The summed E-state index contributed by atoms with van der Waals surface area (Å²) in [6.07, 6.45) is 3.63. The zero-order valence-corrected chi connectivity index (χ0v) is 18.3. The minimum Gasteiger partial charge on any atom is -0.430 e. The fourth-order valence-electron chi connectivity index (χ4n) is 3.66. The van der Waals surface area contributed by atoms with Gasteiger partial charge in [0.15, 0.2) is 6.04 Å². The van der Waals surface area contributed by atoms with Crippen LogP contribution >= 0.6 is 11.8 Å².